The van der Waals surface area contributed by atoms with Gasteiger partial charge in [-0.1, -0.05) is 38.1 Å². The number of nitrogens with zero attached hydrogens (tertiary/aromatic N) is 2. The van der Waals surface area contributed by atoms with Crippen molar-refractivity contribution in [2.75, 3.05) is 17.2 Å². The molecule has 0 bridgehead atoms. The van der Waals surface area contributed by atoms with E-state index in [0.29, 0.717) is 18.1 Å². The predicted molar refractivity (Wildman–Crippen MR) is 109 cm³/mol. The largest absolute Gasteiger partial charge is 0.364 e. The van der Waals surface area contributed by atoms with Gasteiger partial charge in [0.1, 0.15) is 6.17 Å². The molecule has 0 spiro atoms. The molecule has 7 heteroatoms. The van der Waals surface area contributed by atoms with E-state index < -0.39 is 0 Å². The normalized spacial score (nSPS) is 16.2. The van der Waals surface area contributed by atoms with Crippen LogP contribution in [-0.2, 0) is 4.79 Å². The highest BCUT2D eigenvalue weighted by Gasteiger charge is 2.33. The molecule has 144 valence electrons. The van der Waals surface area contributed by atoms with Crippen molar-refractivity contribution in [2.24, 2.45) is 5.92 Å². The molecule has 3 aromatic rings. The van der Waals surface area contributed by atoms with Gasteiger partial charge in [-0.3, -0.25) is 14.9 Å². The number of hydrogen-bond acceptors (Lipinski definition) is 4. The second kappa shape index (κ2) is 7.34. The Morgan fingerprint density at radius 2 is 1.93 bits per heavy atom. The van der Waals surface area contributed by atoms with Gasteiger partial charge in [-0.05, 0) is 30.2 Å². The zero-order valence-electron chi connectivity index (χ0n) is 15.9. The first-order valence-corrected chi connectivity index (χ1v) is 9.44. The zero-order chi connectivity index (χ0) is 19.7. The maximum Gasteiger partial charge on any atom is 0.257 e. The molecule has 0 aliphatic carbocycles. The number of H-pyrrole nitrogens is 1. The van der Waals surface area contributed by atoms with Crippen molar-refractivity contribution < 1.29 is 9.59 Å². The molecular weight excluding hydrogens is 354 g/mol. The third kappa shape index (κ3) is 3.43. The first-order chi connectivity index (χ1) is 13.5. The van der Waals surface area contributed by atoms with Crippen LogP contribution in [0, 0.1) is 5.92 Å². The van der Waals surface area contributed by atoms with E-state index in [1.807, 2.05) is 48.5 Å². The molecular formula is C21H23N5O2. The van der Waals surface area contributed by atoms with E-state index in [9.17, 15) is 9.59 Å². The second-order valence-electron chi connectivity index (χ2n) is 7.28. The molecule has 1 aromatic heterocycles. The van der Waals surface area contributed by atoms with Crippen LogP contribution < -0.4 is 10.6 Å². The van der Waals surface area contributed by atoms with Crippen molar-refractivity contribution in [3.63, 3.8) is 0 Å². The van der Waals surface area contributed by atoms with Crippen molar-refractivity contribution in [2.45, 2.75) is 26.4 Å². The molecule has 0 saturated heterocycles. The van der Waals surface area contributed by atoms with Crippen LogP contribution in [0.1, 0.15) is 30.6 Å². The van der Waals surface area contributed by atoms with Gasteiger partial charge in [0.25, 0.3) is 5.91 Å². The topological polar surface area (TPSA) is 90.1 Å². The van der Waals surface area contributed by atoms with E-state index in [1.165, 1.54) is 0 Å². The summed E-state index contributed by atoms with van der Waals surface area (Å²) in [4.78, 5) is 34.6. The van der Waals surface area contributed by atoms with E-state index in [0.717, 1.165) is 16.7 Å². The summed E-state index contributed by atoms with van der Waals surface area (Å²) < 4.78 is 0. The number of nitrogens with one attached hydrogen (secondary N) is 3. The Morgan fingerprint density at radius 3 is 2.71 bits per heavy atom. The van der Waals surface area contributed by atoms with Gasteiger partial charge in [0.15, 0.2) is 0 Å². The summed E-state index contributed by atoms with van der Waals surface area (Å²) in [5.74, 6) is 0.383. The molecule has 1 atom stereocenters. The van der Waals surface area contributed by atoms with E-state index in [-0.39, 0.29) is 30.3 Å². The number of carbonyl (C=O) groups excluding carboxylic acids is 2. The molecule has 0 fully saturated rings. The molecule has 2 heterocycles. The zero-order valence-corrected chi connectivity index (χ0v) is 15.9. The summed E-state index contributed by atoms with van der Waals surface area (Å²) in [7, 11) is 0. The highest BCUT2D eigenvalue weighted by atomic mass is 16.2. The summed E-state index contributed by atoms with van der Waals surface area (Å²) in [6.45, 7) is 4.44. The van der Waals surface area contributed by atoms with Crippen LogP contribution in [0.2, 0.25) is 0 Å². The molecule has 1 aliphatic heterocycles. The van der Waals surface area contributed by atoms with E-state index in [1.54, 1.807) is 4.90 Å². The molecule has 4 rings (SSSR count). The van der Waals surface area contributed by atoms with Crippen molar-refractivity contribution in [3.8, 4) is 0 Å². The van der Waals surface area contributed by atoms with Crippen molar-refractivity contribution in [1.82, 2.24) is 14.9 Å². The Labute approximate surface area is 163 Å². The summed E-state index contributed by atoms with van der Waals surface area (Å²) in [6.07, 6.45) is 0.0388. The molecule has 28 heavy (non-hydrogen) atoms. The van der Waals surface area contributed by atoms with Crippen molar-refractivity contribution in [3.05, 3.63) is 54.1 Å². The maximum absolute atomic E-state index is 13.0. The minimum Gasteiger partial charge on any atom is -0.364 e. The Balaban J connectivity index is 1.45. The van der Waals surface area contributed by atoms with E-state index in [4.69, 9.17) is 0 Å². The van der Waals surface area contributed by atoms with Gasteiger partial charge in [-0.15, -0.1) is 0 Å². The number of benzene rings is 2. The van der Waals surface area contributed by atoms with Crippen LogP contribution >= 0.6 is 0 Å². The van der Waals surface area contributed by atoms with E-state index >= 15 is 0 Å². The van der Waals surface area contributed by atoms with Crippen LogP contribution in [0.4, 0.5) is 11.6 Å². The van der Waals surface area contributed by atoms with Gasteiger partial charge in [0.2, 0.25) is 11.9 Å². The number of carbonyl (C=O) groups is 2. The summed E-state index contributed by atoms with van der Waals surface area (Å²) >= 11 is 0. The molecule has 2 amide bonds. The number of amides is 2. The Bertz CT molecular complexity index is 993. The van der Waals surface area contributed by atoms with Crippen LogP contribution in [-0.4, -0.2) is 39.4 Å². The van der Waals surface area contributed by atoms with Gasteiger partial charge < -0.3 is 15.2 Å². The van der Waals surface area contributed by atoms with Gasteiger partial charge in [0, 0.05) is 18.7 Å². The monoisotopic (exact) mass is 377 g/mol. The minimum absolute atomic E-state index is 0.0513. The fourth-order valence-corrected chi connectivity index (χ4v) is 3.51. The summed E-state index contributed by atoms with van der Waals surface area (Å²) in [5.41, 5.74) is 3.14. The van der Waals surface area contributed by atoms with Crippen LogP contribution in [0.15, 0.2) is 48.5 Å². The van der Waals surface area contributed by atoms with E-state index in [2.05, 4.69) is 34.4 Å². The number of anilines is 2. The number of rotatable bonds is 5. The van der Waals surface area contributed by atoms with Crippen LogP contribution in [0.5, 0.6) is 0 Å². The highest BCUT2D eigenvalue weighted by Crippen LogP contribution is 2.28. The fourth-order valence-electron chi connectivity index (χ4n) is 3.51. The molecule has 7 nitrogen and oxygen atoms in total. The standard InChI is InChI=1S/C21H23N5O2/c1-13(2)19-22-15-8-4-3-7-14(15)20(28)26(19)12-11-18(27)25-21-23-16-9-5-6-10-17(16)24-21/h3-10,13,19,22H,11-12H2,1-2H3,(H2,23,24,25,27)/t19-/m1/s1. The average molecular weight is 377 g/mol. The third-order valence-corrected chi connectivity index (χ3v) is 4.92. The number of imidazole rings is 1. The lowest BCUT2D eigenvalue weighted by Gasteiger charge is -2.40. The van der Waals surface area contributed by atoms with Crippen molar-refractivity contribution >= 4 is 34.5 Å². The number of fused-ring (bicyclic) bond motifs is 2. The lowest BCUT2D eigenvalue weighted by Crippen LogP contribution is -2.52. The SMILES string of the molecule is CC(C)[C@@H]1Nc2ccccc2C(=O)N1CCC(=O)Nc1nc2ccccc2[nH]1. The maximum atomic E-state index is 13.0. The number of para-hydroxylation sites is 3. The minimum atomic E-state index is -0.187. The number of hydrogen-bond donors (Lipinski definition) is 3. The van der Waals surface area contributed by atoms with Crippen LogP contribution in [0.3, 0.4) is 0 Å². The fraction of sp³-hybridized carbons (Fsp3) is 0.286. The lowest BCUT2D eigenvalue weighted by molar-refractivity contribution is -0.116. The first kappa shape index (κ1) is 18.0. The lowest BCUT2D eigenvalue weighted by atomic mass is 10.0. The smallest absolute Gasteiger partial charge is 0.257 e. The van der Waals surface area contributed by atoms with Crippen LogP contribution in [0.25, 0.3) is 11.0 Å². The Kier molecular flexibility index (Phi) is 4.73. The highest BCUT2D eigenvalue weighted by molar-refractivity contribution is 6.02. The predicted octanol–water partition coefficient (Wildman–Crippen LogP) is 3.44. The first-order valence-electron chi connectivity index (χ1n) is 9.44. The Morgan fingerprint density at radius 1 is 1.18 bits per heavy atom. The quantitative estimate of drug-likeness (QED) is 0.635. The second-order valence-corrected chi connectivity index (χ2v) is 7.28. The summed E-state index contributed by atoms with van der Waals surface area (Å²) in [6, 6.07) is 15.1. The third-order valence-electron chi connectivity index (χ3n) is 4.92. The number of aromatic nitrogens is 2. The molecule has 0 unspecified atom stereocenters. The van der Waals surface area contributed by atoms with Gasteiger partial charge in [-0.25, -0.2) is 4.98 Å². The molecule has 2 aromatic carbocycles. The molecule has 0 radical (unpaired) electrons. The number of aromatic amines is 1. The van der Waals surface area contributed by atoms with Gasteiger partial charge in [-0.2, -0.15) is 0 Å². The van der Waals surface area contributed by atoms with Gasteiger partial charge in [0.05, 0.1) is 16.6 Å². The summed E-state index contributed by atoms with van der Waals surface area (Å²) in [5, 5.41) is 6.21. The molecule has 3 N–H and O–H groups in total. The molecule has 1 aliphatic rings. The van der Waals surface area contributed by atoms with Gasteiger partial charge >= 0.3 is 0 Å². The average Bonchev–Trinajstić information content (AvgIpc) is 3.09. The molecule has 0 saturated carbocycles. The Hall–Kier alpha value is -3.35. The van der Waals surface area contributed by atoms with Crippen molar-refractivity contribution in [1.29, 1.82) is 0 Å².